The molecule has 7 heteroatoms. The molecule has 0 atom stereocenters. The van der Waals surface area contributed by atoms with Gasteiger partial charge in [-0.2, -0.15) is 0 Å². The Morgan fingerprint density at radius 1 is 1.47 bits per heavy atom. The quantitative estimate of drug-likeness (QED) is 0.652. The molecule has 0 bridgehead atoms. The normalized spacial score (nSPS) is 16.5. The van der Waals surface area contributed by atoms with Gasteiger partial charge in [0.15, 0.2) is 0 Å². The van der Waals surface area contributed by atoms with Gasteiger partial charge in [-0.1, -0.05) is 11.6 Å². The van der Waals surface area contributed by atoms with Crippen LogP contribution in [0.25, 0.3) is 0 Å². The molecule has 0 aliphatic heterocycles. The predicted molar refractivity (Wildman–Crippen MR) is 69.2 cm³/mol. The van der Waals surface area contributed by atoms with Crippen LogP contribution in [0, 0.1) is 10.1 Å². The fourth-order valence-electron chi connectivity index (χ4n) is 1.92. The fraction of sp³-hybridized carbons (Fsp3) is 0.417. The van der Waals surface area contributed by atoms with Crippen molar-refractivity contribution in [3.05, 3.63) is 38.9 Å². The molecule has 0 saturated heterocycles. The highest BCUT2D eigenvalue weighted by Gasteiger charge is 2.34. The smallest absolute Gasteiger partial charge is 0.271 e. The Hall–Kier alpha value is -1.66. The highest BCUT2D eigenvalue weighted by atomic mass is 35.5. The summed E-state index contributed by atoms with van der Waals surface area (Å²) in [5, 5.41) is 23.2. The molecule has 0 heterocycles. The summed E-state index contributed by atoms with van der Waals surface area (Å²) in [6, 6.07) is 3.69. The van der Waals surface area contributed by atoms with Crippen molar-refractivity contribution in [3.63, 3.8) is 0 Å². The Morgan fingerprint density at radius 2 is 2.16 bits per heavy atom. The van der Waals surface area contributed by atoms with Crippen LogP contribution in [0.15, 0.2) is 18.2 Å². The van der Waals surface area contributed by atoms with Crippen molar-refractivity contribution < 1.29 is 14.8 Å². The van der Waals surface area contributed by atoms with E-state index >= 15 is 0 Å². The van der Waals surface area contributed by atoms with Gasteiger partial charge in [0, 0.05) is 29.3 Å². The first-order valence-electron chi connectivity index (χ1n) is 5.85. The number of nitro benzene ring substituents is 1. The molecule has 1 saturated carbocycles. The van der Waals surface area contributed by atoms with Crippen LogP contribution in [0.2, 0.25) is 5.02 Å². The standard InChI is InChI=1S/C12H13ClN2O4/c13-9-4-8(5-10(6-9)15(18)19)11(16)14-7-12(17)2-1-3-12/h4-6,17H,1-3,7H2,(H,14,16). The van der Waals surface area contributed by atoms with Gasteiger partial charge in [-0.25, -0.2) is 0 Å². The number of hydrogen-bond acceptors (Lipinski definition) is 4. The first kappa shape index (κ1) is 13.8. The van der Waals surface area contributed by atoms with Crippen molar-refractivity contribution in [1.82, 2.24) is 5.32 Å². The maximum absolute atomic E-state index is 11.9. The first-order chi connectivity index (χ1) is 8.89. The molecule has 0 aromatic heterocycles. The van der Waals surface area contributed by atoms with Crippen molar-refractivity contribution in [1.29, 1.82) is 0 Å². The van der Waals surface area contributed by atoms with E-state index in [4.69, 9.17) is 11.6 Å². The van der Waals surface area contributed by atoms with E-state index in [0.29, 0.717) is 12.8 Å². The predicted octanol–water partition coefficient (Wildman–Crippen LogP) is 1.89. The Labute approximate surface area is 114 Å². The van der Waals surface area contributed by atoms with E-state index in [2.05, 4.69) is 5.32 Å². The monoisotopic (exact) mass is 284 g/mol. The van der Waals surface area contributed by atoms with Crippen molar-refractivity contribution in [2.24, 2.45) is 0 Å². The average Bonchev–Trinajstić information content (AvgIpc) is 2.32. The number of aliphatic hydroxyl groups is 1. The minimum atomic E-state index is -0.833. The molecule has 0 spiro atoms. The molecule has 2 N–H and O–H groups in total. The van der Waals surface area contributed by atoms with Crippen LogP contribution in [0.3, 0.4) is 0 Å². The third kappa shape index (κ3) is 3.21. The molecular weight excluding hydrogens is 272 g/mol. The van der Waals surface area contributed by atoms with Gasteiger partial charge in [-0.05, 0) is 25.3 Å². The molecule has 1 aromatic carbocycles. The molecule has 19 heavy (non-hydrogen) atoms. The van der Waals surface area contributed by atoms with Crippen LogP contribution >= 0.6 is 11.6 Å². The van der Waals surface area contributed by atoms with Crippen LogP contribution in [0.1, 0.15) is 29.6 Å². The number of halogens is 1. The second-order valence-corrected chi connectivity index (χ2v) is 5.15. The Balaban J connectivity index is 2.08. The van der Waals surface area contributed by atoms with Gasteiger partial charge >= 0.3 is 0 Å². The zero-order chi connectivity index (χ0) is 14.0. The minimum absolute atomic E-state index is 0.113. The van der Waals surface area contributed by atoms with E-state index in [1.807, 2.05) is 0 Å². The lowest BCUT2D eigenvalue weighted by Crippen LogP contribution is -2.47. The van der Waals surface area contributed by atoms with Gasteiger partial charge < -0.3 is 10.4 Å². The molecular formula is C12H13ClN2O4. The molecule has 0 radical (unpaired) electrons. The highest BCUT2D eigenvalue weighted by molar-refractivity contribution is 6.31. The van der Waals surface area contributed by atoms with Crippen molar-refractivity contribution in [3.8, 4) is 0 Å². The van der Waals surface area contributed by atoms with E-state index in [1.54, 1.807) is 0 Å². The zero-order valence-corrected chi connectivity index (χ0v) is 10.8. The van der Waals surface area contributed by atoms with Crippen LogP contribution in [0.4, 0.5) is 5.69 Å². The van der Waals surface area contributed by atoms with Gasteiger partial charge in [0.1, 0.15) is 0 Å². The highest BCUT2D eigenvalue weighted by Crippen LogP contribution is 2.30. The third-order valence-electron chi connectivity index (χ3n) is 3.22. The lowest BCUT2D eigenvalue weighted by Gasteiger charge is -2.36. The number of amides is 1. The molecule has 1 amide bonds. The summed E-state index contributed by atoms with van der Waals surface area (Å²) < 4.78 is 0. The summed E-state index contributed by atoms with van der Waals surface area (Å²) in [5.74, 6) is -0.481. The van der Waals surface area contributed by atoms with Gasteiger partial charge in [0.2, 0.25) is 0 Å². The number of carbonyl (C=O) groups is 1. The summed E-state index contributed by atoms with van der Waals surface area (Å²) in [5.41, 5.74) is -0.956. The molecule has 1 fully saturated rings. The Bertz CT molecular complexity index is 528. The lowest BCUT2D eigenvalue weighted by molar-refractivity contribution is -0.384. The van der Waals surface area contributed by atoms with Crippen LogP contribution in [0.5, 0.6) is 0 Å². The lowest BCUT2D eigenvalue weighted by atomic mass is 9.80. The number of carbonyl (C=O) groups excluding carboxylic acids is 1. The molecule has 1 aliphatic carbocycles. The maximum atomic E-state index is 11.9. The molecule has 0 unspecified atom stereocenters. The minimum Gasteiger partial charge on any atom is -0.388 e. The van der Waals surface area contributed by atoms with Crippen molar-refractivity contribution in [2.45, 2.75) is 24.9 Å². The largest absolute Gasteiger partial charge is 0.388 e. The topological polar surface area (TPSA) is 92.5 Å². The SMILES string of the molecule is O=C(NCC1(O)CCC1)c1cc(Cl)cc([N+](=O)[O-])c1. The Kier molecular flexibility index (Phi) is 3.73. The van der Waals surface area contributed by atoms with Gasteiger partial charge in [-0.15, -0.1) is 0 Å². The summed E-state index contributed by atoms with van der Waals surface area (Å²) >= 11 is 5.73. The summed E-state index contributed by atoms with van der Waals surface area (Å²) in [6.07, 6.45) is 2.25. The summed E-state index contributed by atoms with van der Waals surface area (Å²) in [6.45, 7) is 0.145. The van der Waals surface area contributed by atoms with E-state index in [-0.39, 0.29) is 22.8 Å². The van der Waals surface area contributed by atoms with E-state index in [0.717, 1.165) is 12.5 Å². The number of benzene rings is 1. The van der Waals surface area contributed by atoms with E-state index < -0.39 is 16.4 Å². The molecule has 2 rings (SSSR count). The Morgan fingerprint density at radius 3 is 2.68 bits per heavy atom. The molecule has 6 nitrogen and oxygen atoms in total. The van der Waals surface area contributed by atoms with Gasteiger partial charge in [0.25, 0.3) is 11.6 Å². The second-order valence-electron chi connectivity index (χ2n) is 4.72. The number of rotatable bonds is 4. The van der Waals surface area contributed by atoms with Crippen LogP contribution in [-0.4, -0.2) is 28.1 Å². The number of nitrogens with zero attached hydrogens (tertiary/aromatic N) is 1. The molecule has 102 valence electrons. The van der Waals surface area contributed by atoms with Gasteiger partial charge in [0.05, 0.1) is 10.5 Å². The number of non-ortho nitro benzene ring substituents is 1. The van der Waals surface area contributed by atoms with Crippen LogP contribution in [-0.2, 0) is 0 Å². The third-order valence-corrected chi connectivity index (χ3v) is 3.44. The maximum Gasteiger partial charge on any atom is 0.271 e. The first-order valence-corrected chi connectivity index (χ1v) is 6.23. The number of nitrogens with one attached hydrogen (secondary N) is 1. The number of nitro groups is 1. The number of hydrogen-bond donors (Lipinski definition) is 2. The fourth-order valence-corrected chi connectivity index (χ4v) is 2.15. The van der Waals surface area contributed by atoms with E-state index in [9.17, 15) is 20.0 Å². The zero-order valence-electron chi connectivity index (χ0n) is 10.1. The summed E-state index contributed by atoms with van der Waals surface area (Å²) in [4.78, 5) is 21.9. The van der Waals surface area contributed by atoms with Crippen molar-refractivity contribution in [2.75, 3.05) is 6.54 Å². The van der Waals surface area contributed by atoms with Crippen LogP contribution < -0.4 is 5.32 Å². The summed E-state index contributed by atoms with van der Waals surface area (Å²) in [7, 11) is 0. The molecule has 1 aliphatic rings. The van der Waals surface area contributed by atoms with Crippen molar-refractivity contribution >= 4 is 23.2 Å². The second kappa shape index (κ2) is 5.14. The average molecular weight is 285 g/mol. The van der Waals surface area contributed by atoms with Gasteiger partial charge in [-0.3, -0.25) is 14.9 Å². The molecule has 1 aromatic rings. The van der Waals surface area contributed by atoms with E-state index in [1.165, 1.54) is 12.1 Å².